The topological polar surface area (TPSA) is 56.7 Å². The van der Waals surface area contributed by atoms with Crippen molar-refractivity contribution in [3.63, 3.8) is 0 Å². The SMILES string of the molecule is CSC1(Cn2c(N)nc3cnccc32)CCCC1. The number of fused-ring (bicyclic) bond motifs is 1. The maximum atomic E-state index is 6.06. The van der Waals surface area contributed by atoms with E-state index in [1.165, 1.54) is 25.7 Å². The number of aromatic nitrogens is 3. The maximum Gasteiger partial charge on any atom is 0.201 e. The molecule has 2 aromatic rings. The molecule has 2 N–H and O–H groups in total. The Balaban J connectivity index is 2.01. The third-order valence-electron chi connectivity index (χ3n) is 3.97. The molecule has 4 nitrogen and oxygen atoms in total. The van der Waals surface area contributed by atoms with Crippen LogP contribution in [0.1, 0.15) is 25.7 Å². The standard InChI is InChI=1S/C13H18N4S/c1-18-13(5-2-3-6-13)9-17-11-4-7-15-8-10(11)16-12(17)14/h4,7-8H,2-3,5-6,9H2,1H3,(H2,14,16). The molecule has 0 atom stereocenters. The summed E-state index contributed by atoms with van der Waals surface area (Å²) in [6, 6.07) is 2.00. The van der Waals surface area contributed by atoms with Gasteiger partial charge in [0.25, 0.3) is 0 Å². The highest BCUT2D eigenvalue weighted by Gasteiger charge is 2.34. The highest BCUT2D eigenvalue weighted by atomic mass is 32.2. The Morgan fingerprint density at radius 1 is 1.44 bits per heavy atom. The van der Waals surface area contributed by atoms with Crippen LogP contribution < -0.4 is 5.73 Å². The first-order chi connectivity index (χ1) is 8.74. The van der Waals surface area contributed by atoms with E-state index >= 15 is 0 Å². The second-order valence-corrected chi connectivity index (χ2v) is 6.29. The van der Waals surface area contributed by atoms with Crippen LogP contribution in [0.15, 0.2) is 18.5 Å². The summed E-state index contributed by atoms with van der Waals surface area (Å²) >= 11 is 1.98. The monoisotopic (exact) mass is 262 g/mol. The molecule has 0 radical (unpaired) electrons. The molecule has 5 heteroatoms. The molecule has 0 aromatic carbocycles. The van der Waals surface area contributed by atoms with Crippen LogP contribution in [0.25, 0.3) is 11.0 Å². The highest BCUT2D eigenvalue weighted by molar-refractivity contribution is 8.00. The van der Waals surface area contributed by atoms with E-state index in [9.17, 15) is 0 Å². The summed E-state index contributed by atoms with van der Waals surface area (Å²) in [7, 11) is 0. The first-order valence-electron chi connectivity index (χ1n) is 6.35. The number of pyridine rings is 1. The first-order valence-corrected chi connectivity index (χ1v) is 7.57. The van der Waals surface area contributed by atoms with Crippen molar-refractivity contribution in [3.8, 4) is 0 Å². The zero-order valence-corrected chi connectivity index (χ0v) is 11.4. The van der Waals surface area contributed by atoms with Gasteiger partial charge in [-0.25, -0.2) is 4.98 Å². The van der Waals surface area contributed by atoms with Crippen LogP contribution in [0.3, 0.4) is 0 Å². The third-order valence-corrected chi connectivity index (χ3v) is 5.38. The van der Waals surface area contributed by atoms with E-state index in [1.807, 2.05) is 17.8 Å². The molecule has 0 saturated heterocycles. The van der Waals surface area contributed by atoms with E-state index < -0.39 is 0 Å². The third kappa shape index (κ3) is 1.86. The molecule has 0 bridgehead atoms. The summed E-state index contributed by atoms with van der Waals surface area (Å²) < 4.78 is 2.49. The second-order valence-electron chi connectivity index (χ2n) is 5.01. The van der Waals surface area contributed by atoms with E-state index in [-0.39, 0.29) is 0 Å². The van der Waals surface area contributed by atoms with Gasteiger partial charge in [-0.05, 0) is 25.2 Å². The average molecular weight is 262 g/mol. The molecular formula is C13H18N4S. The van der Waals surface area contributed by atoms with Gasteiger partial charge in [0.2, 0.25) is 5.95 Å². The first kappa shape index (κ1) is 11.8. The Hall–Kier alpha value is -1.23. The van der Waals surface area contributed by atoms with Crippen LogP contribution in [-0.2, 0) is 6.54 Å². The lowest BCUT2D eigenvalue weighted by atomic mass is 10.1. The minimum atomic E-state index is 0.338. The lowest BCUT2D eigenvalue weighted by Crippen LogP contribution is -2.27. The van der Waals surface area contributed by atoms with Gasteiger partial charge < -0.3 is 10.3 Å². The molecule has 0 aliphatic heterocycles. The molecule has 1 aliphatic rings. The Morgan fingerprint density at radius 2 is 2.22 bits per heavy atom. The normalized spacial score (nSPS) is 18.5. The average Bonchev–Trinajstić information content (AvgIpc) is 2.97. The van der Waals surface area contributed by atoms with Crippen molar-refractivity contribution >= 4 is 28.7 Å². The maximum absolute atomic E-state index is 6.06. The Morgan fingerprint density at radius 3 is 2.94 bits per heavy atom. The number of rotatable bonds is 3. The number of hydrogen-bond donors (Lipinski definition) is 1. The quantitative estimate of drug-likeness (QED) is 0.924. The van der Waals surface area contributed by atoms with Gasteiger partial charge in [0.05, 0.1) is 11.7 Å². The van der Waals surface area contributed by atoms with Crippen LogP contribution in [0, 0.1) is 0 Å². The predicted octanol–water partition coefficient (Wildman–Crippen LogP) is 2.69. The van der Waals surface area contributed by atoms with Gasteiger partial charge in [-0.1, -0.05) is 12.8 Å². The van der Waals surface area contributed by atoms with Gasteiger partial charge in [0.1, 0.15) is 5.52 Å². The van der Waals surface area contributed by atoms with Crippen LogP contribution in [0.4, 0.5) is 5.95 Å². The molecule has 0 spiro atoms. The van der Waals surface area contributed by atoms with Gasteiger partial charge in [-0.2, -0.15) is 11.8 Å². The number of imidazole rings is 1. The molecular weight excluding hydrogens is 244 g/mol. The van der Waals surface area contributed by atoms with Crippen LogP contribution in [0.2, 0.25) is 0 Å². The van der Waals surface area contributed by atoms with Crippen LogP contribution in [0.5, 0.6) is 0 Å². The van der Waals surface area contributed by atoms with Gasteiger partial charge in [-0.3, -0.25) is 4.98 Å². The summed E-state index contributed by atoms with van der Waals surface area (Å²) in [6.07, 6.45) is 11.0. The van der Waals surface area contributed by atoms with Crippen LogP contribution in [-0.4, -0.2) is 25.5 Å². The fourth-order valence-electron chi connectivity index (χ4n) is 2.90. The van der Waals surface area contributed by atoms with E-state index in [0.717, 1.165) is 17.6 Å². The van der Waals surface area contributed by atoms with Crippen molar-refractivity contribution in [1.29, 1.82) is 0 Å². The molecule has 1 saturated carbocycles. The molecule has 0 amide bonds. The van der Waals surface area contributed by atoms with Gasteiger partial charge in [0, 0.05) is 17.5 Å². The van der Waals surface area contributed by atoms with Crippen molar-refractivity contribution in [1.82, 2.24) is 14.5 Å². The van der Waals surface area contributed by atoms with Crippen molar-refractivity contribution in [2.24, 2.45) is 0 Å². The largest absolute Gasteiger partial charge is 0.369 e. The fourth-order valence-corrected chi connectivity index (χ4v) is 3.86. The molecule has 2 heterocycles. The second kappa shape index (κ2) is 4.46. The van der Waals surface area contributed by atoms with Gasteiger partial charge >= 0.3 is 0 Å². The highest BCUT2D eigenvalue weighted by Crippen LogP contribution is 2.42. The summed E-state index contributed by atoms with van der Waals surface area (Å²) in [5.41, 5.74) is 8.05. The summed E-state index contributed by atoms with van der Waals surface area (Å²) in [4.78, 5) is 8.49. The number of nitrogens with two attached hydrogens (primary N) is 1. The Bertz CT molecular complexity index is 557. The zero-order chi connectivity index (χ0) is 12.6. The van der Waals surface area contributed by atoms with E-state index in [2.05, 4.69) is 20.8 Å². The van der Waals surface area contributed by atoms with E-state index in [4.69, 9.17) is 5.73 Å². The number of thioether (sulfide) groups is 1. The molecule has 1 fully saturated rings. The van der Waals surface area contributed by atoms with E-state index in [1.54, 1.807) is 12.4 Å². The fraction of sp³-hybridized carbons (Fsp3) is 0.538. The molecule has 2 aromatic heterocycles. The molecule has 18 heavy (non-hydrogen) atoms. The van der Waals surface area contributed by atoms with E-state index in [0.29, 0.717) is 10.7 Å². The number of anilines is 1. The summed E-state index contributed by atoms with van der Waals surface area (Å²) in [5, 5.41) is 0. The lowest BCUT2D eigenvalue weighted by molar-refractivity contribution is 0.518. The minimum absolute atomic E-state index is 0.338. The minimum Gasteiger partial charge on any atom is -0.369 e. The van der Waals surface area contributed by atoms with Crippen molar-refractivity contribution in [2.45, 2.75) is 37.0 Å². The molecule has 1 aliphatic carbocycles. The number of hydrogen-bond acceptors (Lipinski definition) is 4. The molecule has 0 unspecified atom stereocenters. The van der Waals surface area contributed by atoms with Crippen molar-refractivity contribution < 1.29 is 0 Å². The van der Waals surface area contributed by atoms with Crippen molar-refractivity contribution in [2.75, 3.05) is 12.0 Å². The molecule has 3 rings (SSSR count). The Kier molecular flexibility index (Phi) is 2.93. The van der Waals surface area contributed by atoms with Crippen molar-refractivity contribution in [3.05, 3.63) is 18.5 Å². The van der Waals surface area contributed by atoms with Gasteiger partial charge in [0.15, 0.2) is 0 Å². The van der Waals surface area contributed by atoms with Gasteiger partial charge in [-0.15, -0.1) is 0 Å². The van der Waals surface area contributed by atoms with Crippen LogP contribution >= 0.6 is 11.8 Å². The Labute approximate surface area is 111 Å². The summed E-state index contributed by atoms with van der Waals surface area (Å²) in [6.45, 7) is 0.959. The smallest absolute Gasteiger partial charge is 0.201 e. The number of nitrogen functional groups attached to an aromatic ring is 1. The number of nitrogens with zero attached hydrogens (tertiary/aromatic N) is 3. The predicted molar refractivity (Wildman–Crippen MR) is 76.7 cm³/mol. The lowest BCUT2D eigenvalue weighted by Gasteiger charge is -2.27. The zero-order valence-electron chi connectivity index (χ0n) is 10.6. The summed E-state index contributed by atoms with van der Waals surface area (Å²) in [5.74, 6) is 0.610. The molecule has 96 valence electrons.